The van der Waals surface area contributed by atoms with Gasteiger partial charge in [-0.15, -0.1) is 0 Å². The molecule has 3 aliphatic carbocycles. The minimum atomic E-state index is 0.128. The predicted octanol–water partition coefficient (Wildman–Crippen LogP) is 1.76. The van der Waals surface area contributed by atoms with Crippen molar-refractivity contribution < 1.29 is 4.79 Å². The zero-order valence-electron chi connectivity index (χ0n) is 10.6. The fourth-order valence-electron chi connectivity index (χ4n) is 3.01. The Morgan fingerprint density at radius 2 is 1.59 bits per heavy atom. The maximum atomic E-state index is 12.5. The zero-order chi connectivity index (χ0) is 11.8. The van der Waals surface area contributed by atoms with Crippen molar-refractivity contribution in [2.45, 2.75) is 51.0 Å². The maximum Gasteiger partial charge on any atom is 0.227 e. The third kappa shape index (κ3) is 2.82. The molecule has 3 rings (SSSR count). The molecule has 96 valence electrons. The van der Waals surface area contributed by atoms with Crippen LogP contribution in [0.5, 0.6) is 0 Å². The number of carbonyl (C=O) groups is 1. The molecule has 17 heavy (non-hydrogen) atoms. The summed E-state index contributed by atoms with van der Waals surface area (Å²) in [5.74, 6) is 2.10. The van der Waals surface area contributed by atoms with E-state index in [9.17, 15) is 4.79 Å². The van der Waals surface area contributed by atoms with E-state index >= 15 is 0 Å². The monoisotopic (exact) mass is 236 g/mol. The molecular formula is C14H24N2O. The summed E-state index contributed by atoms with van der Waals surface area (Å²) in [4.78, 5) is 14.7. The van der Waals surface area contributed by atoms with Crippen LogP contribution in [-0.4, -0.2) is 29.9 Å². The van der Waals surface area contributed by atoms with E-state index in [4.69, 9.17) is 5.73 Å². The average Bonchev–Trinajstić information content (AvgIpc) is 3.21. The first-order chi connectivity index (χ1) is 8.24. The molecule has 0 heterocycles. The fraction of sp³-hybridized carbons (Fsp3) is 0.929. The number of amides is 1. The van der Waals surface area contributed by atoms with Gasteiger partial charge in [-0.3, -0.25) is 4.79 Å². The van der Waals surface area contributed by atoms with Crippen LogP contribution in [0.3, 0.4) is 0 Å². The van der Waals surface area contributed by atoms with Gasteiger partial charge in [0.15, 0.2) is 0 Å². The van der Waals surface area contributed by atoms with Gasteiger partial charge in [0, 0.05) is 19.1 Å². The minimum Gasteiger partial charge on any atom is -0.342 e. The molecule has 2 N–H and O–H groups in total. The van der Waals surface area contributed by atoms with Crippen LogP contribution in [0, 0.1) is 17.8 Å². The van der Waals surface area contributed by atoms with Crippen molar-refractivity contribution in [3.8, 4) is 0 Å². The summed E-state index contributed by atoms with van der Waals surface area (Å²) in [5.41, 5.74) is 6.06. The molecule has 0 radical (unpaired) electrons. The second-order valence-electron chi connectivity index (χ2n) is 6.33. The quantitative estimate of drug-likeness (QED) is 0.790. The highest BCUT2D eigenvalue weighted by Crippen LogP contribution is 2.35. The van der Waals surface area contributed by atoms with Gasteiger partial charge in [0.25, 0.3) is 0 Å². The van der Waals surface area contributed by atoms with Crippen molar-refractivity contribution in [1.82, 2.24) is 4.90 Å². The molecule has 3 aliphatic rings. The Labute approximate surface area is 104 Å². The Balaban J connectivity index is 1.60. The van der Waals surface area contributed by atoms with Crippen LogP contribution in [0.1, 0.15) is 44.9 Å². The highest BCUT2D eigenvalue weighted by atomic mass is 16.2. The summed E-state index contributed by atoms with van der Waals surface area (Å²) in [6.07, 6.45) is 8.49. The van der Waals surface area contributed by atoms with Crippen molar-refractivity contribution in [3.63, 3.8) is 0 Å². The Morgan fingerprint density at radius 3 is 2.00 bits per heavy atom. The lowest BCUT2D eigenvalue weighted by Crippen LogP contribution is -2.43. The van der Waals surface area contributed by atoms with Crippen molar-refractivity contribution in [2.24, 2.45) is 23.5 Å². The largest absolute Gasteiger partial charge is 0.342 e. The van der Waals surface area contributed by atoms with Crippen molar-refractivity contribution in [3.05, 3.63) is 0 Å². The van der Waals surface area contributed by atoms with Gasteiger partial charge in [-0.1, -0.05) is 6.42 Å². The Bertz CT molecular complexity index is 283. The standard InChI is InChI=1S/C14H24N2O/c15-13-3-1-2-12(13)14(17)16(8-10-4-5-10)9-11-6-7-11/h10-13H,1-9,15H2. The molecule has 0 bridgehead atoms. The fourth-order valence-corrected chi connectivity index (χ4v) is 3.01. The van der Waals surface area contributed by atoms with Gasteiger partial charge in [0.2, 0.25) is 5.91 Å². The number of carbonyl (C=O) groups excluding carboxylic acids is 1. The summed E-state index contributed by atoms with van der Waals surface area (Å²) in [6, 6.07) is 0.128. The molecule has 0 aromatic heterocycles. The smallest absolute Gasteiger partial charge is 0.227 e. The number of hydrogen-bond donors (Lipinski definition) is 1. The molecule has 0 spiro atoms. The summed E-state index contributed by atoms with van der Waals surface area (Å²) in [6.45, 7) is 2.02. The second-order valence-corrected chi connectivity index (χ2v) is 6.33. The molecule has 3 fully saturated rings. The van der Waals surface area contributed by atoms with Gasteiger partial charge in [0.05, 0.1) is 5.92 Å². The minimum absolute atomic E-state index is 0.128. The third-order valence-electron chi connectivity index (χ3n) is 4.55. The first-order valence-corrected chi connectivity index (χ1v) is 7.28. The molecule has 0 aromatic carbocycles. The normalized spacial score (nSPS) is 32.8. The van der Waals surface area contributed by atoms with E-state index in [2.05, 4.69) is 4.90 Å². The number of rotatable bonds is 5. The van der Waals surface area contributed by atoms with E-state index in [1.807, 2.05) is 0 Å². The SMILES string of the molecule is NC1CCCC1C(=O)N(CC1CC1)CC1CC1. The molecule has 0 aromatic rings. The molecule has 3 heteroatoms. The van der Waals surface area contributed by atoms with Crippen molar-refractivity contribution in [1.29, 1.82) is 0 Å². The molecule has 2 atom stereocenters. The van der Waals surface area contributed by atoms with E-state index in [0.717, 1.165) is 44.2 Å². The first kappa shape index (κ1) is 11.5. The van der Waals surface area contributed by atoms with Gasteiger partial charge < -0.3 is 10.6 Å². The van der Waals surface area contributed by atoms with Crippen LogP contribution < -0.4 is 5.73 Å². The van der Waals surface area contributed by atoms with Gasteiger partial charge in [0.1, 0.15) is 0 Å². The van der Waals surface area contributed by atoms with E-state index in [1.54, 1.807) is 0 Å². The lowest BCUT2D eigenvalue weighted by molar-refractivity contribution is -0.136. The molecule has 0 saturated heterocycles. The lowest BCUT2D eigenvalue weighted by Gasteiger charge is -2.27. The Hall–Kier alpha value is -0.570. The molecule has 3 saturated carbocycles. The van der Waals surface area contributed by atoms with Crippen LogP contribution in [-0.2, 0) is 4.79 Å². The lowest BCUT2D eigenvalue weighted by atomic mass is 10.0. The van der Waals surface area contributed by atoms with Crippen LogP contribution in [0.4, 0.5) is 0 Å². The van der Waals surface area contributed by atoms with E-state index in [-0.39, 0.29) is 12.0 Å². The van der Waals surface area contributed by atoms with Crippen LogP contribution >= 0.6 is 0 Å². The van der Waals surface area contributed by atoms with Gasteiger partial charge in [-0.2, -0.15) is 0 Å². The zero-order valence-corrected chi connectivity index (χ0v) is 10.6. The molecule has 2 unspecified atom stereocenters. The highest BCUT2D eigenvalue weighted by molar-refractivity contribution is 5.80. The molecule has 0 aliphatic heterocycles. The highest BCUT2D eigenvalue weighted by Gasteiger charge is 2.37. The van der Waals surface area contributed by atoms with Crippen molar-refractivity contribution in [2.75, 3.05) is 13.1 Å². The van der Waals surface area contributed by atoms with Crippen LogP contribution in [0.25, 0.3) is 0 Å². The topological polar surface area (TPSA) is 46.3 Å². The maximum absolute atomic E-state index is 12.5. The van der Waals surface area contributed by atoms with Crippen molar-refractivity contribution >= 4 is 5.91 Å². The van der Waals surface area contributed by atoms with E-state index in [1.165, 1.54) is 25.7 Å². The number of nitrogens with zero attached hydrogens (tertiary/aromatic N) is 1. The summed E-state index contributed by atoms with van der Waals surface area (Å²) >= 11 is 0. The summed E-state index contributed by atoms with van der Waals surface area (Å²) < 4.78 is 0. The average molecular weight is 236 g/mol. The number of nitrogens with two attached hydrogens (primary N) is 1. The predicted molar refractivity (Wildman–Crippen MR) is 67.3 cm³/mol. The van der Waals surface area contributed by atoms with Crippen LogP contribution in [0.15, 0.2) is 0 Å². The van der Waals surface area contributed by atoms with Gasteiger partial charge in [-0.25, -0.2) is 0 Å². The van der Waals surface area contributed by atoms with Gasteiger partial charge in [-0.05, 0) is 50.4 Å². The third-order valence-corrected chi connectivity index (χ3v) is 4.55. The summed E-state index contributed by atoms with van der Waals surface area (Å²) in [5, 5.41) is 0. The first-order valence-electron chi connectivity index (χ1n) is 7.28. The molecular weight excluding hydrogens is 212 g/mol. The Kier molecular flexibility index (Phi) is 3.12. The van der Waals surface area contributed by atoms with Gasteiger partial charge >= 0.3 is 0 Å². The number of hydrogen-bond acceptors (Lipinski definition) is 2. The van der Waals surface area contributed by atoms with Crippen LogP contribution in [0.2, 0.25) is 0 Å². The Morgan fingerprint density at radius 1 is 1.00 bits per heavy atom. The molecule has 3 nitrogen and oxygen atoms in total. The molecule has 1 amide bonds. The summed E-state index contributed by atoms with van der Waals surface area (Å²) in [7, 11) is 0. The van der Waals surface area contributed by atoms with E-state index < -0.39 is 0 Å². The second kappa shape index (κ2) is 4.60. The van der Waals surface area contributed by atoms with E-state index in [0.29, 0.717) is 5.91 Å².